The minimum Gasteiger partial charge on any atom is -0.299 e. The van der Waals surface area contributed by atoms with Gasteiger partial charge in [-0.1, -0.05) is 19.8 Å². The molecule has 68 valence electrons. The Morgan fingerprint density at radius 1 is 1.25 bits per heavy atom. The molecule has 0 saturated heterocycles. The largest absolute Gasteiger partial charge is 0.299 e. The van der Waals surface area contributed by atoms with Gasteiger partial charge < -0.3 is 0 Å². The van der Waals surface area contributed by atoms with Gasteiger partial charge in [-0.3, -0.25) is 4.79 Å². The molecule has 0 aliphatic heterocycles. The standard InChI is InChI=1S/C11H18O/c1-2-11(12)10-7-6-8-4-3-5-9(8)10/h8-10H,2-7H2,1H3/t8-,9-,10-/m1/s1. The Kier molecular flexibility index (Phi) is 2.20. The molecule has 0 radical (unpaired) electrons. The van der Waals surface area contributed by atoms with Crippen LogP contribution in [-0.4, -0.2) is 5.78 Å². The van der Waals surface area contributed by atoms with Crippen molar-refractivity contribution in [2.45, 2.75) is 45.4 Å². The number of Topliss-reactive ketones (excluding diaryl/α,β-unsaturated/α-hetero) is 1. The van der Waals surface area contributed by atoms with E-state index >= 15 is 0 Å². The first-order valence-electron chi connectivity index (χ1n) is 5.35. The first-order valence-corrected chi connectivity index (χ1v) is 5.35. The van der Waals surface area contributed by atoms with Crippen molar-refractivity contribution in [2.24, 2.45) is 17.8 Å². The molecule has 0 bridgehead atoms. The van der Waals surface area contributed by atoms with Crippen molar-refractivity contribution in [1.82, 2.24) is 0 Å². The Balaban J connectivity index is 2.04. The molecule has 2 rings (SSSR count). The van der Waals surface area contributed by atoms with E-state index in [4.69, 9.17) is 0 Å². The number of hydrogen-bond donors (Lipinski definition) is 0. The first kappa shape index (κ1) is 8.28. The average molecular weight is 166 g/mol. The summed E-state index contributed by atoms with van der Waals surface area (Å²) in [6, 6.07) is 0. The van der Waals surface area contributed by atoms with Crippen LogP contribution in [0.3, 0.4) is 0 Å². The highest BCUT2D eigenvalue weighted by Crippen LogP contribution is 2.47. The normalized spacial score (nSPS) is 39.9. The van der Waals surface area contributed by atoms with E-state index in [0.29, 0.717) is 11.7 Å². The highest BCUT2D eigenvalue weighted by atomic mass is 16.1. The first-order chi connectivity index (χ1) is 5.83. The molecule has 0 aromatic heterocycles. The van der Waals surface area contributed by atoms with Gasteiger partial charge in [0.25, 0.3) is 0 Å². The van der Waals surface area contributed by atoms with Crippen molar-refractivity contribution in [1.29, 1.82) is 0 Å². The number of carbonyl (C=O) groups excluding carboxylic acids is 1. The van der Waals surface area contributed by atoms with E-state index in [1.165, 1.54) is 32.1 Å². The lowest BCUT2D eigenvalue weighted by Gasteiger charge is -2.15. The van der Waals surface area contributed by atoms with Crippen molar-refractivity contribution in [3.63, 3.8) is 0 Å². The fourth-order valence-electron chi connectivity index (χ4n) is 3.22. The number of ketones is 1. The van der Waals surface area contributed by atoms with Gasteiger partial charge in [-0.2, -0.15) is 0 Å². The lowest BCUT2D eigenvalue weighted by molar-refractivity contribution is -0.123. The van der Waals surface area contributed by atoms with Crippen LogP contribution in [0.15, 0.2) is 0 Å². The molecule has 2 saturated carbocycles. The fourth-order valence-corrected chi connectivity index (χ4v) is 3.22. The summed E-state index contributed by atoms with van der Waals surface area (Å²) in [5.41, 5.74) is 0. The number of carbonyl (C=O) groups is 1. The Labute approximate surface area is 74.5 Å². The van der Waals surface area contributed by atoms with Crippen LogP contribution in [0.2, 0.25) is 0 Å². The molecule has 2 aliphatic rings. The van der Waals surface area contributed by atoms with Crippen LogP contribution in [0.4, 0.5) is 0 Å². The predicted molar refractivity (Wildman–Crippen MR) is 48.9 cm³/mol. The SMILES string of the molecule is CCC(=O)[C@@H]1CC[C@H]2CCC[C@H]21. The van der Waals surface area contributed by atoms with E-state index in [1.54, 1.807) is 0 Å². The zero-order valence-corrected chi connectivity index (χ0v) is 7.88. The molecule has 1 nitrogen and oxygen atoms in total. The second-order valence-electron chi connectivity index (χ2n) is 4.36. The Hall–Kier alpha value is -0.330. The van der Waals surface area contributed by atoms with E-state index in [0.717, 1.165) is 18.3 Å². The topological polar surface area (TPSA) is 17.1 Å². The van der Waals surface area contributed by atoms with Crippen LogP contribution < -0.4 is 0 Å². The van der Waals surface area contributed by atoms with Gasteiger partial charge >= 0.3 is 0 Å². The summed E-state index contributed by atoms with van der Waals surface area (Å²) in [4.78, 5) is 11.6. The molecule has 12 heavy (non-hydrogen) atoms. The smallest absolute Gasteiger partial charge is 0.135 e. The maximum atomic E-state index is 11.6. The third-order valence-corrected chi connectivity index (χ3v) is 3.85. The third-order valence-electron chi connectivity index (χ3n) is 3.85. The van der Waals surface area contributed by atoms with E-state index < -0.39 is 0 Å². The van der Waals surface area contributed by atoms with Crippen LogP contribution in [0.5, 0.6) is 0 Å². The molecule has 0 heterocycles. The van der Waals surface area contributed by atoms with E-state index in [9.17, 15) is 4.79 Å². The van der Waals surface area contributed by atoms with Gasteiger partial charge in [0.05, 0.1) is 0 Å². The van der Waals surface area contributed by atoms with Gasteiger partial charge in [0, 0.05) is 12.3 Å². The molecule has 0 unspecified atom stereocenters. The summed E-state index contributed by atoms with van der Waals surface area (Å²) in [6.45, 7) is 2.00. The lowest BCUT2D eigenvalue weighted by Crippen LogP contribution is -2.18. The van der Waals surface area contributed by atoms with Crippen molar-refractivity contribution in [2.75, 3.05) is 0 Å². The third kappa shape index (κ3) is 1.19. The lowest BCUT2D eigenvalue weighted by atomic mass is 9.88. The van der Waals surface area contributed by atoms with Crippen LogP contribution in [0, 0.1) is 17.8 Å². The zero-order chi connectivity index (χ0) is 8.55. The molecule has 1 heteroatoms. The summed E-state index contributed by atoms with van der Waals surface area (Å²) < 4.78 is 0. The molecule has 0 aromatic carbocycles. The second kappa shape index (κ2) is 3.20. The van der Waals surface area contributed by atoms with Crippen LogP contribution >= 0.6 is 0 Å². The maximum Gasteiger partial charge on any atom is 0.135 e. The quantitative estimate of drug-likeness (QED) is 0.616. The van der Waals surface area contributed by atoms with Crippen molar-refractivity contribution >= 4 is 5.78 Å². The van der Waals surface area contributed by atoms with Crippen LogP contribution in [-0.2, 0) is 4.79 Å². The van der Waals surface area contributed by atoms with Gasteiger partial charge in [-0.05, 0) is 31.1 Å². The number of hydrogen-bond acceptors (Lipinski definition) is 1. The van der Waals surface area contributed by atoms with E-state index in [2.05, 4.69) is 0 Å². The Morgan fingerprint density at radius 3 is 2.83 bits per heavy atom. The predicted octanol–water partition coefficient (Wildman–Crippen LogP) is 2.79. The molecule has 0 aromatic rings. The molecule has 2 aliphatic carbocycles. The van der Waals surface area contributed by atoms with E-state index in [1.807, 2.05) is 6.92 Å². The molecular formula is C11H18O. The van der Waals surface area contributed by atoms with Crippen molar-refractivity contribution in [3.05, 3.63) is 0 Å². The average Bonchev–Trinajstić information content (AvgIpc) is 2.62. The summed E-state index contributed by atoms with van der Waals surface area (Å²) in [5, 5.41) is 0. The van der Waals surface area contributed by atoms with Crippen molar-refractivity contribution < 1.29 is 4.79 Å². The van der Waals surface area contributed by atoms with Gasteiger partial charge in [-0.15, -0.1) is 0 Å². The monoisotopic (exact) mass is 166 g/mol. The molecular weight excluding hydrogens is 148 g/mol. The highest BCUT2D eigenvalue weighted by Gasteiger charge is 2.41. The minimum atomic E-state index is 0.461. The molecule has 0 N–H and O–H groups in total. The summed E-state index contributed by atoms with van der Waals surface area (Å²) >= 11 is 0. The van der Waals surface area contributed by atoms with Gasteiger partial charge in [0.15, 0.2) is 0 Å². The minimum absolute atomic E-state index is 0.461. The summed E-state index contributed by atoms with van der Waals surface area (Å²) in [6.07, 6.45) is 7.40. The summed E-state index contributed by atoms with van der Waals surface area (Å²) in [5.74, 6) is 2.70. The van der Waals surface area contributed by atoms with Gasteiger partial charge in [-0.25, -0.2) is 0 Å². The number of fused-ring (bicyclic) bond motifs is 1. The highest BCUT2D eigenvalue weighted by molar-refractivity contribution is 5.81. The van der Waals surface area contributed by atoms with Gasteiger partial charge in [0.2, 0.25) is 0 Å². The fraction of sp³-hybridized carbons (Fsp3) is 0.909. The summed E-state index contributed by atoms with van der Waals surface area (Å²) in [7, 11) is 0. The maximum absolute atomic E-state index is 11.6. The molecule has 0 amide bonds. The van der Waals surface area contributed by atoms with Crippen molar-refractivity contribution in [3.8, 4) is 0 Å². The Bertz CT molecular complexity index is 185. The molecule has 3 atom stereocenters. The Morgan fingerprint density at radius 2 is 2.08 bits per heavy atom. The molecule has 0 spiro atoms. The zero-order valence-electron chi connectivity index (χ0n) is 7.88. The van der Waals surface area contributed by atoms with Gasteiger partial charge in [0.1, 0.15) is 5.78 Å². The van der Waals surface area contributed by atoms with Crippen LogP contribution in [0.1, 0.15) is 45.4 Å². The second-order valence-corrected chi connectivity index (χ2v) is 4.36. The van der Waals surface area contributed by atoms with E-state index in [-0.39, 0.29) is 0 Å². The number of rotatable bonds is 2. The van der Waals surface area contributed by atoms with Crippen LogP contribution in [0.25, 0.3) is 0 Å². The molecule has 2 fully saturated rings.